The average molecular weight is 341 g/mol. The maximum Gasteiger partial charge on any atom is 0.409 e. The third-order valence-electron chi connectivity index (χ3n) is 5.62. The van der Waals surface area contributed by atoms with Gasteiger partial charge in [-0.2, -0.15) is 0 Å². The fraction of sp³-hybridized carbons (Fsp3) is 0.550. The summed E-state index contributed by atoms with van der Waals surface area (Å²) in [5, 5.41) is 1.39. The summed E-state index contributed by atoms with van der Waals surface area (Å²) in [4.78, 5) is 19.8. The Morgan fingerprint density at radius 3 is 2.84 bits per heavy atom. The first-order chi connectivity index (χ1) is 12.2. The molecule has 0 spiro atoms. The molecule has 0 unspecified atom stereocenters. The van der Waals surface area contributed by atoms with Gasteiger partial charge in [0.1, 0.15) is 0 Å². The number of H-pyrrole nitrogens is 1. The summed E-state index contributed by atoms with van der Waals surface area (Å²) in [5.74, 6) is 0.677. The fourth-order valence-electron chi connectivity index (χ4n) is 4.28. The molecule has 5 heteroatoms. The van der Waals surface area contributed by atoms with E-state index in [-0.39, 0.29) is 6.09 Å². The first-order valence-corrected chi connectivity index (χ1v) is 9.47. The quantitative estimate of drug-likeness (QED) is 0.931. The number of fused-ring (bicyclic) bond motifs is 3. The van der Waals surface area contributed by atoms with Crippen molar-refractivity contribution >= 4 is 17.0 Å². The smallest absolute Gasteiger partial charge is 0.409 e. The molecule has 134 valence electrons. The Morgan fingerprint density at radius 2 is 2.04 bits per heavy atom. The molecule has 5 nitrogen and oxygen atoms in total. The van der Waals surface area contributed by atoms with Crippen molar-refractivity contribution in [3.05, 3.63) is 35.5 Å². The van der Waals surface area contributed by atoms with Crippen molar-refractivity contribution in [1.82, 2.24) is 14.8 Å². The highest BCUT2D eigenvalue weighted by atomic mass is 16.6. The highest BCUT2D eigenvalue weighted by Gasteiger charge is 2.27. The van der Waals surface area contributed by atoms with Crippen LogP contribution in [-0.4, -0.2) is 53.7 Å². The number of likely N-dealkylation sites (tertiary alicyclic amines) is 1. The Balaban J connectivity index is 1.34. The van der Waals surface area contributed by atoms with Crippen molar-refractivity contribution in [2.45, 2.75) is 32.7 Å². The molecular formula is C20H27N3O2. The summed E-state index contributed by atoms with van der Waals surface area (Å²) >= 11 is 0. The van der Waals surface area contributed by atoms with E-state index in [0.29, 0.717) is 12.5 Å². The van der Waals surface area contributed by atoms with Crippen LogP contribution in [0, 0.1) is 5.92 Å². The molecule has 1 fully saturated rings. The zero-order valence-electron chi connectivity index (χ0n) is 15.0. The molecule has 1 aromatic carbocycles. The lowest BCUT2D eigenvalue weighted by Gasteiger charge is -2.35. The molecule has 0 saturated carbocycles. The van der Waals surface area contributed by atoms with E-state index < -0.39 is 0 Å². The van der Waals surface area contributed by atoms with Gasteiger partial charge in [-0.3, -0.25) is 4.90 Å². The second-order valence-corrected chi connectivity index (χ2v) is 7.24. The molecule has 1 aromatic heterocycles. The lowest BCUT2D eigenvalue weighted by molar-refractivity contribution is 0.0845. The number of rotatable bonds is 3. The molecule has 2 aliphatic rings. The zero-order chi connectivity index (χ0) is 17.2. The minimum atomic E-state index is -0.151. The Hall–Kier alpha value is -2.01. The standard InChI is InChI=1S/C20H27N3O2/c1-2-25-20(24)23-11-7-15(8-12-23)13-22-10-9-17-16-5-3-4-6-18(16)21-19(17)14-22/h3-6,15,21H,2,7-14H2,1H3. The summed E-state index contributed by atoms with van der Waals surface area (Å²) in [5.41, 5.74) is 4.15. The fourth-order valence-corrected chi connectivity index (χ4v) is 4.28. The number of amides is 1. The molecule has 0 bridgehead atoms. The van der Waals surface area contributed by atoms with E-state index in [9.17, 15) is 4.79 Å². The molecule has 25 heavy (non-hydrogen) atoms. The predicted molar refractivity (Wildman–Crippen MR) is 98.6 cm³/mol. The molecule has 4 rings (SSSR count). The molecule has 1 N–H and O–H groups in total. The van der Waals surface area contributed by atoms with Gasteiger partial charge in [0.2, 0.25) is 0 Å². The average Bonchev–Trinajstić information content (AvgIpc) is 3.00. The van der Waals surface area contributed by atoms with Crippen LogP contribution in [-0.2, 0) is 17.7 Å². The molecular weight excluding hydrogens is 314 g/mol. The number of benzene rings is 1. The lowest BCUT2D eigenvalue weighted by Crippen LogP contribution is -2.42. The number of ether oxygens (including phenoxy) is 1. The second kappa shape index (κ2) is 7.08. The SMILES string of the molecule is CCOC(=O)N1CCC(CN2CCc3c([nH]c4ccccc34)C2)CC1. The summed E-state index contributed by atoms with van der Waals surface area (Å²) in [7, 11) is 0. The number of aromatic amines is 1. The predicted octanol–water partition coefficient (Wildman–Crippen LogP) is 3.39. The Bertz CT molecular complexity index is 746. The molecule has 0 atom stereocenters. The summed E-state index contributed by atoms with van der Waals surface area (Å²) in [6.07, 6.45) is 3.13. The minimum Gasteiger partial charge on any atom is -0.450 e. The summed E-state index contributed by atoms with van der Waals surface area (Å²) in [6, 6.07) is 8.62. The van der Waals surface area contributed by atoms with Crippen molar-refractivity contribution in [3.8, 4) is 0 Å². The van der Waals surface area contributed by atoms with Crippen LogP contribution in [0.3, 0.4) is 0 Å². The maximum atomic E-state index is 11.8. The van der Waals surface area contributed by atoms with Gasteiger partial charge >= 0.3 is 6.09 Å². The Kier molecular flexibility index (Phi) is 4.66. The van der Waals surface area contributed by atoms with Gasteiger partial charge in [0.25, 0.3) is 0 Å². The van der Waals surface area contributed by atoms with E-state index in [0.717, 1.165) is 52.0 Å². The minimum absolute atomic E-state index is 0.151. The van der Waals surface area contributed by atoms with Gasteiger partial charge in [-0.25, -0.2) is 4.79 Å². The van der Waals surface area contributed by atoms with E-state index in [1.165, 1.54) is 22.2 Å². The zero-order valence-corrected chi connectivity index (χ0v) is 15.0. The van der Waals surface area contributed by atoms with Crippen LogP contribution in [0.25, 0.3) is 10.9 Å². The molecule has 2 aliphatic heterocycles. The monoisotopic (exact) mass is 341 g/mol. The van der Waals surface area contributed by atoms with Gasteiger partial charge in [0, 0.05) is 49.3 Å². The van der Waals surface area contributed by atoms with Gasteiger partial charge in [0.05, 0.1) is 6.61 Å². The number of nitrogens with one attached hydrogen (secondary N) is 1. The van der Waals surface area contributed by atoms with Gasteiger partial charge in [0.15, 0.2) is 0 Å². The lowest BCUT2D eigenvalue weighted by atomic mass is 9.95. The molecule has 3 heterocycles. The van der Waals surface area contributed by atoms with Crippen molar-refractivity contribution in [2.24, 2.45) is 5.92 Å². The van der Waals surface area contributed by atoms with E-state index >= 15 is 0 Å². The first-order valence-electron chi connectivity index (χ1n) is 9.47. The number of carbonyl (C=O) groups excluding carboxylic acids is 1. The maximum absolute atomic E-state index is 11.8. The van der Waals surface area contributed by atoms with Crippen LogP contribution in [0.4, 0.5) is 4.79 Å². The molecule has 0 aliphatic carbocycles. The van der Waals surface area contributed by atoms with Gasteiger partial charge in [-0.1, -0.05) is 18.2 Å². The number of hydrogen-bond donors (Lipinski definition) is 1. The van der Waals surface area contributed by atoms with Crippen LogP contribution < -0.4 is 0 Å². The Labute approximate surface area is 148 Å². The largest absolute Gasteiger partial charge is 0.450 e. The topological polar surface area (TPSA) is 48.6 Å². The molecule has 2 aromatic rings. The second-order valence-electron chi connectivity index (χ2n) is 7.24. The number of aromatic nitrogens is 1. The van der Waals surface area contributed by atoms with E-state index in [4.69, 9.17) is 4.74 Å². The first kappa shape index (κ1) is 16.5. The van der Waals surface area contributed by atoms with Crippen LogP contribution in [0.2, 0.25) is 0 Å². The van der Waals surface area contributed by atoms with E-state index in [1.807, 2.05) is 11.8 Å². The number of para-hydroxylation sites is 1. The van der Waals surface area contributed by atoms with Crippen molar-refractivity contribution in [1.29, 1.82) is 0 Å². The summed E-state index contributed by atoms with van der Waals surface area (Å²) < 4.78 is 5.11. The third kappa shape index (κ3) is 3.38. The molecule has 1 saturated heterocycles. The molecule has 1 amide bonds. The Morgan fingerprint density at radius 1 is 1.24 bits per heavy atom. The number of carbonyl (C=O) groups is 1. The van der Waals surface area contributed by atoms with Gasteiger partial charge in [-0.15, -0.1) is 0 Å². The van der Waals surface area contributed by atoms with E-state index in [2.05, 4.69) is 34.1 Å². The number of piperidine rings is 1. The van der Waals surface area contributed by atoms with Crippen molar-refractivity contribution in [2.75, 3.05) is 32.8 Å². The number of nitrogens with zero attached hydrogens (tertiary/aromatic N) is 2. The third-order valence-corrected chi connectivity index (χ3v) is 5.62. The summed E-state index contributed by atoms with van der Waals surface area (Å²) in [6.45, 7) is 7.25. The number of hydrogen-bond acceptors (Lipinski definition) is 3. The highest BCUT2D eigenvalue weighted by Crippen LogP contribution is 2.28. The highest BCUT2D eigenvalue weighted by molar-refractivity contribution is 5.84. The van der Waals surface area contributed by atoms with Crippen LogP contribution in [0.1, 0.15) is 31.0 Å². The van der Waals surface area contributed by atoms with Crippen LogP contribution in [0.5, 0.6) is 0 Å². The molecule has 0 radical (unpaired) electrons. The van der Waals surface area contributed by atoms with Crippen molar-refractivity contribution in [3.63, 3.8) is 0 Å². The van der Waals surface area contributed by atoms with Gasteiger partial charge < -0.3 is 14.6 Å². The normalized spacial score (nSPS) is 19.2. The van der Waals surface area contributed by atoms with Gasteiger partial charge in [-0.05, 0) is 43.7 Å². The van der Waals surface area contributed by atoms with Crippen LogP contribution >= 0.6 is 0 Å². The van der Waals surface area contributed by atoms with E-state index in [1.54, 1.807) is 0 Å². The van der Waals surface area contributed by atoms with Crippen molar-refractivity contribution < 1.29 is 9.53 Å². The van der Waals surface area contributed by atoms with Crippen LogP contribution in [0.15, 0.2) is 24.3 Å².